The third kappa shape index (κ3) is 3.56. The Kier molecular flexibility index (Phi) is 4.73. The van der Waals surface area contributed by atoms with E-state index in [1.165, 1.54) is 16.7 Å². The van der Waals surface area contributed by atoms with Crippen molar-refractivity contribution in [3.05, 3.63) is 65.5 Å². The fourth-order valence-electron chi connectivity index (χ4n) is 1.90. The molecule has 2 nitrogen and oxygen atoms in total. The molecule has 0 saturated heterocycles. The number of rotatable bonds is 5. The molecule has 0 aliphatic carbocycles. The first-order valence-corrected chi connectivity index (χ1v) is 6.58. The molecule has 0 spiro atoms. The zero-order valence-electron chi connectivity index (χ0n) is 10.4. The van der Waals surface area contributed by atoms with E-state index in [2.05, 4.69) is 28.5 Å². The van der Waals surface area contributed by atoms with Crippen molar-refractivity contribution in [2.45, 2.75) is 19.5 Å². The van der Waals surface area contributed by atoms with E-state index in [4.69, 9.17) is 11.6 Å². The molecule has 18 heavy (non-hydrogen) atoms. The summed E-state index contributed by atoms with van der Waals surface area (Å²) in [6.07, 6.45) is 3.75. The van der Waals surface area contributed by atoms with Gasteiger partial charge in [-0.15, -0.1) is 11.6 Å². The fourth-order valence-corrected chi connectivity index (χ4v) is 2.19. The first kappa shape index (κ1) is 13.1. The van der Waals surface area contributed by atoms with Crippen molar-refractivity contribution >= 4 is 11.6 Å². The highest BCUT2D eigenvalue weighted by atomic mass is 35.5. The Labute approximate surface area is 113 Å². The highest BCUT2D eigenvalue weighted by molar-refractivity contribution is 6.18. The van der Waals surface area contributed by atoms with Crippen LogP contribution in [0.4, 0.5) is 0 Å². The summed E-state index contributed by atoms with van der Waals surface area (Å²) in [5, 5.41) is 3.46. The average molecular weight is 261 g/mol. The summed E-state index contributed by atoms with van der Waals surface area (Å²) in [5.74, 6) is 0.559. The van der Waals surface area contributed by atoms with E-state index in [0.717, 1.165) is 6.54 Å². The maximum Gasteiger partial charge on any atom is 0.0460 e. The number of pyridine rings is 1. The minimum absolute atomic E-state index is 0.174. The van der Waals surface area contributed by atoms with Gasteiger partial charge in [0.2, 0.25) is 0 Å². The highest BCUT2D eigenvalue weighted by Gasteiger charge is 2.08. The van der Waals surface area contributed by atoms with Crippen LogP contribution in [0.25, 0.3) is 0 Å². The topological polar surface area (TPSA) is 24.9 Å². The molecule has 1 aromatic heterocycles. The Morgan fingerprint density at radius 3 is 2.67 bits per heavy atom. The summed E-state index contributed by atoms with van der Waals surface area (Å²) in [6.45, 7) is 2.83. The van der Waals surface area contributed by atoms with Gasteiger partial charge in [-0.1, -0.05) is 36.4 Å². The molecule has 0 saturated carbocycles. The maximum atomic E-state index is 6.02. The van der Waals surface area contributed by atoms with Crippen molar-refractivity contribution in [1.82, 2.24) is 10.3 Å². The summed E-state index contributed by atoms with van der Waals surface area (Å²) >= 11 is 6.02. The molecule has 1 N–H and O–H groups in total. The van der Waals surface area contributed by atoms with Crippen LogP contribution in [0.5, 0.6) is 0 Å². The molecule has 1 heterocycles. The lowest BCUT2D eigenvalue weighted by Gasteiger charge is -2.16. The molecule has 1 atom stereocenters. The van der Waals surface area contributed by atoms with Crippen molar-refractivity contribution in [1.29, 1.82) is 0 Å². The molecule has 2 rings (SSSR count). The molecular formula is C15H17ClN2. The van der Waals surface area contributed by atoms with Crippen molar-refractivity contribution in [2.24, 2.45) is 0 Å². The molecule has 2 aromatic rings. The predicted molar refractivity (Wildman–Crippen MR) is 75.7 cm³/mol. The van der Waals surface area contributed by atoms with Crippen molar-refractivity contribution in [3.8, 4) is 0 Å². The smallest absolute Gasteiger partial charge is 0.0460 e. The second-order valence-electron chi connectivity index (χ2n) is 4.37. The van der Waals surface area contributed by atoms with Crippen LogP contribution >= 0.6 is 11.6 Å². The van der Waals surface area contributed by atoms with Crippen LogP contribution in [0.15, 0.2) is 48.8 Å². The van der Waals surface area contributed by atoms with E-state index < -0.39 is 0 Å². The van der Waals surface area contributed by atoms with Gasteiger partial charge in [-0.2, -0.15) is 0 Å². The Morgan fingerprint density at radius 1 is 1.22 bits per heavy atom. The van der Waals surface area contributed by atoms with Crippen molar-refractivity contribution < 1.29 is 0 Å². The number of hydrogen-bond acceptors (Lipinski definition) is 2. The molecule has 0 bridgehead atoms. The summed E-state index contributed by atoms with van der Waals surface area (Å²) < 4.78 is 0. The van der Waals surface area contributed by atoms with Gasteiger partial charge in [0.1, 0.15) is 0 Å². The number of nitrogens with zero attached hydrogens (tertiary/aromatic N) is 1. The van der Waals surface area contributed by atoms with Crippen molar-refractivity contribution in [3.63, 3.8) is 0 Å². The maximum absolute atomic E-state index is 6.02. The number of alkyl halides is 1. The molecular weight excluding hydrogens is 244 g/mol. The Morgan fingerprint density at radius 2 is 2.00 bits per heavy atom. The lowest BCUT2D eigenvalue weighted by atomic mass is 10.1. The van der Waals surface area contributed by atoms with Crippen LogP contribution < -0.4 is 5.32 Å². The number of halogens is 1. The molecule has 94 valence electrons. The van der Waals surface area contributed by atoms with Crippen LogP contribution in [0.1, 0.15) is 22.7 Å². The number of benzene rings is 1. The zero-order valence-corrected chi connectivity index (χ0v) is 11.2. The minimum Gasteiger partial charge on any atom is -0.305 e. The third-order valence-electron chi connectivity index (χ3n) is 2.84. The normalized spacial score (nSPS) is 12.3. The van der Waals surface area contributed by atoms with Crippen LogP contribution in [-0.2, 0) is 6.54 Å². The van der Waals surface area contributed by atoms with Crippen LogP contribution in [-0.4, -0.2) is 10.9 Å². The van der Waals surface area contributed by atoms with Crippen LogP contribution in [0.2, 0.25) is 0 Å². The predicted octanol–water partition coefficient (Wildman–Crippen LogP) is 3.46. The lowest BCUT2D eigenvalue weighted by Crippen LogP contribution is -2.22. The van der Waals surface area contributed by atoms with Gasteiger partial charge >= 0.3 is 0 Å². The van der Waals surface area contributed by atoms with Gasteiger partial charge in [0.05, 0.1) is 0 Å². The van der Waals surface area contributed by atoms with E-state index >= 15 is 0 Å². The molecule has 0 aliphatic rings. The monoisotopic (exact) mass is 260 g/mol. The summed E-state index contributed by atoms with van der Waals surface area (Å²) in [5.41, 5.74) is 3.57. The van der Waals surface area contributed by atoms with Gasteiger partial charge in [0.15, 0.2) is 0 Å². The zero-order chi connectivity index (χ0) is 12.8. The van der Waals surface area contributed by atoms with Gasteiger partial charge in [0.25, 0.3) is 0 Å². The number of aryl methyl sites for hydroxylation is 1. The molecule has 3 heteroatoms. The third-order valence-corrected chi connectivity index (χ3v) is 3.15. The van der Waals surface area contributed by atoms with Crippen LogP contribution in [0.3, 0.4) is 0 Å². The van der Waals surface area contributed by atoms with Gasteiger partial charge in [-0.3, -0.25) is 4.98 Å². The van der Waals surface area contributed by atoms with Gasteiger partial charge < -0.3 is 5.32 Å². The van der Waals surface area contributed by atoms with Gasteiger partial charge in [-0.25, -0.2) is 0 Å². The first-order chi connectivity index (χ1) is 8.79. The second kappa shape index (κ2) is 6.53. The molecule has 1 unspecified atom stereocenters. The Balaban J connectivity index is 2.00. The van der Waals surface area contributed by atoms with E-state index in [1.54, 1.807) is 0 Å². The highest BCUT2D eigenvalue weighted by Crippen LogP contribution is 2.15. The summed E-state index contributed by atoms with van der Waals surface area (Å²) in [6, 6.07) is 12.6. The van der Waals surface area contributed by atoms with E-state index in [1.807, 2.05) is 37.5 Å². The minimum atomic E-state index is 0.174. The fraction of sp³-hybridized carbons (Fsp3) is 0.267. The van der Waals surface area contributed by atoms with Gasteiger partial charge in [0, 0.05) is 30.9 Å². The molecule has 0 amide bonds. The van der Waals surface area contributed by atoms with Gasteiger partial charge in [-0.05, 0) is 23.6 Å². The summed E-state index contributed by atoms with van der Waals surface area (Å²) in [4.78, 5) is 4.19. The quantitative estimate of drug-likeness (QED) is 0.833. The molecule has 0 radical (unpaired) electrons. The largest absolute Gasteiger partial charge is 0.305 e. The number of hydrogen-bond donors (Lipinski definition) is 1. The Hall–Kier alpha value is -1.38. The van der Waals surface area contributed by atoms with Crippen molar-refractivity contribution in [2.75, 3.05) is 5.88 Å². The second-order valence-corrected chi connectivity index (χ2v) is 4.68. The Bertz CT molecular complexity index is 485. The SMILES string of the molecule is Cc1cncc(CNC(CCl)c2ccccc2)c1. The lowest BCUT2D eigenvalue weighted by molar-refractivity contribution is 0.578. The number of aromatic nitrogens is 1. The standard InChI is InChI=1S/C15H17ClN2/c1-12-7-13(10-17-9-12)11-18-15(8-16)14-5-3-2-4-6-14/h2-7,9-10,15,18H,8,11H2,1H3. The molecule has 0 aliphatic heterocycles. The first-order valence-electron chi connectivity index (χ1n) is 6.04. The molecule has 1 aromatic carbocycles. The molecule has 0 fully saturated rings. The van der Waals surface area contributed by atoms with E-state index in [0.29, 0.717) is 5.88 Å². The average Bonchev–Trinajstić information content (AvgIpc) is 2.41. The number of nitrogens with one attached hydrogen (secondary N) is 1. The van der Waals surface area contributed by atoms with E-state index in [-0.39, 0.29) is 6.04 Å². The summed E-state index contributed by atoms with van der Waals surface area (Å²) in [7, 11) is 0. The van der Waals surface area contributed by atoms with Crippen LogP contribution in [0, 0.1) is 6.92 Å². The van der Waals surface area contributed by atoms with E-state index in [9.17, 15) is 0 Å².